The summed E-state index contributed by atoms with van der Waals surface area (Å²) in [6.45, 7) is 13.0. The van der Waals surface area contributed by atoms with E-state index in [-0.39, 0.29) is 0 Å². The summed E-state index contributed by atoms with van der Waals surface area (Å²) < 4.78 is 11.3. The Labute approximate surface area is 113 Å². The van der Waals surface area contributed by atoms with Gasteiger partial charge in [-0.25, -0.2) is 0 Å². The lowest BCUT2D eigenvalue weighted by Gasteiger charge is -2.24. The van der Waals surface area contributed by atoms with E-state index < -0.39 is 16.6 Å². The molecule has 1 aliphatic carbocycles. The van der Waals surface area contributed by atoms with Crippen LogP contribution in [0.25, 0.3) is 0 Å². The maximum absolute atomic E-state index is 5.66. The van der Waals surface area contributed by atoms with Crippen molar-refractivity contribution in [2.24, 2.45) is 0 Å². The third-order valence-corrected chi connectivity index (χ3v) is 3.55. The Bertz CT molecular complexity index is 307. The predicted molar refractivity (Wildman–Crippen MR) is 80.5 cm³/mol. The highest BCUT2D eigenvalue weighted by Gasteiger charge is 2.18. The number of hydroxylamine groups is 2. The van der Waals surface area contributed by atoms with Crippen molar-refractivity contribution in [1.82, 2.24) is 11.0 Å². The second-order valence-corrected chi connectivity index (χ2v) is 15.4. The van der Waals surface area contributed by atoms with Gasteiger partial charge < -0.3 is 9.05 Å². The summed E-state index contributed by atoms with van der Waals surface area (Å²) in [6, 6.07) is 0. The van der Waals surface area contributed by atoms with E-state index in [1.807, 2.05) is 0 Å². The summed E-state index contributed by atoms with van der Waals surface area (Å²) >= 11 is 0. The van der Waals surface area contributed by atoms with Gasteiger partial charge in [0.2, 0.25) is 16.6 Å². The molecule has 6 heteroatoms. The number of hydrogen-bond acceptors (Lipinski definition) is 4. The molecule has 0 saturated carbocycles. The quantitative estimate of drug-likeness (QED) is 0.581. The third-order valence-electron chi connectivity index (χ3n) is 2.13. The van der Waals surface area contributed by atoms with Gasteiger partial charge in [0.1, 0.15) is 0 Å². The van der Waals surface area contributed by atoms with E-state index in [4.69, 9.17) is 9.05 Å². The van der Waals surface area contributed by atoms with Crippen LogP contribution in [0.1, 0.15) is 12.8 Å². The summed E-state index contributed by atoms with van der Waals surface area (Å²) in [5.41, 5.74) is 8.42. The fourth-order valence-electron chi connectivity index (χ4n) is 1.24. The van der Waals surface area contributed by atoms with E-state index >= 15 is 0 Å². The molecule has 0 saturated heterocycles. The summed E-state index contributed by atoms with van der Waals surface area (Å²) in [6.07, 6.45) is 6.02. The average Bonchev–Trinajstić information content (AvgIpc) is 2.23. The summed E-state index contributed by atoms with van der Waals surface area (Å²) in [7, 11) is -3.01. The van der Waals surface area contributed by atoms with E-state index in [9.17, 15) is 0 Å². The molecule has 0 aliphatic heterocycles. The molecule has 2 N–H and O–H groups in total. The van der Waals surface area contributed by atoms with Gasteiger partial charge in [-0.3, -0.25) is 11.0 Å². The SMILES string of the molecule is C[Si](C)(C)ONC1=CC=C(NO[Si](C)(C)C)CC1. The van der Waals surface area contributed by atoms with Crippen LogP contribution in [0, 0.1) is 0 Å². The minimum Gasteiger partial charge on any atom is -0.323 e. The molecule has 18 heavy (non-hydrogen) atoms. The zero-order chi connectivity index (χ0) is 13.8. The molecular weight excluding hydrogens is 260 g/mol. The van der Waals surface area contributed by atoms with Crippen LogP contribution in [-0.2, 0) is 9.05 Å². The number of allylic oxidation sites excluding steroid dienone is 4. The lowest BCUT2D eigenvalue weighted by atomic mass is 10.1. The van der Waals surface area contributed by atoms with Crippen molar-refractivity contribution in [2.45, 2.75) is 52.1 Å². The molecule has 1 rings (SSSR count). The molecule has 0 spiro atoms. The first-order chi connectivity index (χ1) is 8.16. The highest BCUT2D eigenvalue weighted by atomic mass is 28.4. The zero-order valence-corrected chi connectivity index (χ0v) is 14.4. The highest BCUT2D eigenvalue weighted by molar-refractivity contribution is 6.69. The lowest BCUT2D eigenvalue weighted by molar-refractivity contribution is 0.205. The van der Waals surface area contributed by atoms with Crippen LogP contribution in [0.4, 0.5) is 0 Å². The molecule has 104 valence electrons. The minimum atomic E-state index is -1.51. The van der Waals surface area contributed by atoms with Gasteiger partial charge in [-0.05, 0) is 64.3 Å². The molecular formula is C12H26N2O2Si2. The fourth-order valence-corrected chi connectivity index (χ4v) is 2.12. The largest absolute Gasteiger partial charge is 0.323 e. The van der Waals surface area contributed by atoms with Crippen LogP contribution in [0.2, 0.25) is 39.3 Å². The molecule has 0 atom stereocenters. The fraction of sp³-hybridized carbons (Fsp3) is 0.667. The Balaban J connectivity index is 2.40. The van der Waals surface area contributed by atoms with E-state index in [2.05, 4.69) is 62.4 Å². The number of rotatable bonds is 6. The Morgan fingerprint density at radius 3 is 1.33 bits per heavy atom. The van der Waals surface area contributed by atoms with Gasteiger partial charge in [-0.2, -0.15) is 0 Å². The average molecular weight is 287 g/mol. The molecule has 0 aromatic heterocycles. The summed E-state index contributed by atoms with van der Waals surface area (Å²) in [5.74, 6) is 0. The number of hydrogen-bond donors (Lipinski definition) is 2. The lowest BCUT2D eigenvalue weighted by Crippen LogP contribution is -2.35. The molecule has 0 fully saturated rings. The molecule has 0 aromatic rings. The van der Waals surface area contributed by atoms with Gasteiger partial charge in [-0.15, -0.1) is 0 Å². The zero-order valence-electron chi connectivity index (χ0n) is 12.4. The maximum Gasteiger partial charge on any atom is 0.220 e. The van der Waals surface area contributed by atoms with Crippen molar-refractivity contribution in [3.63, 3.8) is 0 Å². The van der Waals surface area contributed by atoms with E-state index in [1.54, 1.807) is 0 Å². The Morgan fingerprint density at radius 1 is 0.778 bits per heavy atom. The van der Waals surface area contributed by atoms with Gasteiger partial charge in [0.05, 0.1) is 0 Å². The van der Waals surface area contributed by atoms with Gasteiger partial charge in [0.15, 0.2) is 0 Å². The standard InChI is InChI=1S/C12H26N2O2Si2/c1-17(2,3)15-13-11-7-9-12(10-8-11)14-16-18(4,5)6/h7,9,13-14H,8,10H2,1-6H3. The van der Waals surface area contributed by atoms with Crippen LogP contribution in [0.5, 0.6) is 0 Å². The van der Waals surface area contributed by atoms with Crippen molar-refractivity contribution in [3.05, 3.63) is 23.5 Å². The molecule has 1 aliphatic rings. The van der Waals surface area contributed by atoms with Gasteiger partial charge in [-0.1, -0.05) is 0 Å². The van der Waals surface area contributed by atoms with Crippen molar-refractivity contribution in [1.29, 1.82) is 0 Å². The second-order valence-electron chi connectivity index (χ2n) is 6.52. The van der Waals surface area contributed by atoms with Crippen LogP contribution in [0.3, 0.4) is 0 Å². The Kier molecular flexibility index (Phi) is 5.21. The molecule has 0 aromatic carbocycles. The predicted octanol–water partition coefficient (Wildman–Crippen LogP) is 3.26. The normalized spacial score (nSPS) is 17.0. The van der Waals surface area contributed by atoms with Crippen molar-refractivity contribution in [3.8, 4) is 0 Å². The molecule has 0 unspecified atom stereocenters. The van der Waals surface area contributed by atoms with Crippen LogP contribution in [-0.4, -0.2) is 16.6 Å². The molecule has 4 nitrogen and oxygen atoms in total. The highest BCUT2D eigenvalue weighted by Crippen LogP contribution is 2.16. The van der Waals surface area contributed by atoms with Gasteiger partial charge in [0.25, 0.3) is 0 Å². The summed E-state index contributed by atoms with van der Waals surface area (Å²) in [4.78, 5) is 0. The van der Waals surface area contributed by atoms with E-state index in [0.717, 1.165) is 24.2 Å². The van der Waals surface area contributed by atoms with Crippen molar-refractivity contribution in [2.75, 3.05) is 0 Å². The monoisotopic (exact) mass is 286 g/mol. The second kappa shape index (κ2) is 6.05. The molecule has 0 heterocycles. The first-order valence-electron chi connectivity index (χ1n) is 6.43. The van der Waals surface area contributed by atoms with Crippen molar-refractivity contribution < 1.29 is 9.05 Å². The smallest absolute Gasteiger partial charge is 0.220 e. The first kappa shape index (κ1) is 15.5. The molecule has 0 amide bonds. The maximum atomic E-state index is 5.66. The van der Waals surface area contributed by atoms with E-state index in [0.29, 0.717) is 0 Å². The van der Waals surface area contributed by atoms with Gasteiger partial charge >= 0.3 is 0 Å². The first-order valence-corrected chi connectivity index (χ1v) is 13.3. The molecule has 0 bridgehead atoms. The molecule has 0 radical (unpaired) electrons. The Morgan fingerprint density at radius 2 is 1.11 bits per heavy atom. The summed E-state index contributed by atoms with van der Waals surface area (Å²) in [5, 5.41) is 0. The topological polar surface area (TPSA) is 42.5 Å². The van der Waals surface area contributed by atoms with Crippen LogP contribution < -0.4 is 11.0 Å². The Hall–Kier alpha value is -0.566. The van der Waals surface area contributed by atoms with Gasteiger partial charge in [0, 0.05) is 11.4 Å². The minimum absolute atomic E-state index is 0.957. The van der Waals surface area contributed by atoms with E-state index in [1.165, 1.54) is 0 Å². The number of nitrogens with one attached hydrogen (secondary N) is 2. The van der Waals surface area contributed by atoms with Crippen LogP contribution in [0.15, 0.2) is 23.5 Å². The van der Waals surface area contributed by atoms with Crippen molar-refractivity contribution >= 4 is 16.6 Å². The third kappa shape index (κ3) is 7.00. The van der Waals surface area contributed by atoms with Crippen LogP contribution >= 0.6 is 0 Å².